The number of nitrogens with one attached hydrogen (secondary N) is 1. The second-order valence-electron chi connectivity index (χ2n) is 7.09. The van der Waals surface area contributed by atoms with E-state index in [-0.39, 0.29) is 24.6 Å². The molecule has 144 valence electrons. The molecular weight excluding hydrogens is 354 g/mol. The third-order valence-electron chi connectivity index (χ3n) is 5.55. The molecule has 2 fully saturated rings. The third-order valence-corrected chi connectivity index (χ3v) is 5.79. The zero-order valence-electron chi connectivity index (χ0n) is 15.2. The van der Waals surface area contributed by atoms with Gasteiger partial charge in [0.25, 0.3) is 0 Å². The molecule has 7 heteroatoms. The van der Waals surface area contributed by atoms with Crippen molar-refractivity contribution >= 4 is 23.3 Å². The number of hydrogen-bond donors (Lipinski definition) is 2. The van der Waals surface area contributed by atoms with Gasteiger partial charge in [-0.25, -0.2) is 4.79 Å². The average molecular weight is 382 g/mol. The Kier molecular flexibility index (Phi) is 6.75. The van der Waals surface area contributed by atoms with Crippen LogP contribution in [0.2, 0.25) is 5.02 Å². The van der Waals surface area contributed by atoms with E-state index in [1.165, 1.54) is 0 Å². The number of carbonyl (C=O) groups excluding carboxylic acids is 1. The molecule has 26 heavy (non-hydrogen) atoms. The van der Waals surface area contributed by atoms with E-state index < -0.39 is 0 Å². The molecule has 6 nitrogen and oxygen atoms in total. The first kappa shape index (κ1) is 19.4. The molecule has 0 saturated carbocycles. The Bertz CT molecular complexity index is 609. The van der Waals surface area contributed by atoms with Gasteiger partial charge < -0.3 is 20.1 Å². The highest BCUT2D eigenvalue weighted by molar-refractivity contribution is 6.30. The highest BCUT2D eigenvalue weighted by atomic mass is 35.5. The van der Waals surface area contributed by atoms with Crippen LogP contribution in [-0.4, -0.2) is 73.0 Å². The SMILES string of the molecule is CC[C@@H]1CN(C(=O)Nc2cccc(Cl)c2)[C@H](CO)[C@@H]1CN1CCOCC1. The maximum absolute atomic E-state index is 12.8. The monoisotopic (exact) mass is 381 g/mol. The number of hydrogen-bond acceptors (Lipinski definition) is 4. The highest BCUT2D eigenvalue weighted by Crippen LogP contribution is 2.33. The summed E-state index contributed by atoms with van der Waals surface area (Å²) in [5, 5.41) is 13.5. The molecule has 3 atom stereocenters. The van der Waals surface area contributed by atoms with Gasteiger partial charge in [0.15, 0.2) is 0 Å². The number of anilines is 1. The Morgan fingerprint density at radius 1 is 1.38 bits per heavy atom. The van der Waals surface area contributed by atoms with Crippen molar-refractivity contribution in [3.63, 3.8) is 0 Å². The summed E-state index contributed by atoms with van der Waals surface area (Å²) in [5.74, 6) is 0.660. The highest BCUT2D eigenvalue weighted by Gasteiger charge is 2.43. The minimum Gasteiger partial charge on any atom is -0.394 e. The molecule has 0 aromatic heterocycles. The van der Waals surface area contributed by atoms with Crippen molar-refractivity contribution in [2.75, 3.05) is 51.3 Å². The van der Waals surface area contributed by atoms with E-state index in [4.69, 9.17) is 16.3 Å². The van der Waals surface area contributed by atoms with E-state index in [1.54, 1.807) is 17.0 Å². The molecule has 2 amide bonds. The van der Waals surface area contributed by atoms with Crippen molar-refractivity contribution in [1.29, 1.82) is 0 Å². The summed E-state index contributed by atoms with van der Waals surface area (Å²) >= 11 is 6.00. The largest absolute Gasteiger partial charge is 0.394 e. The zero-order valence-corrected chi connectivity index (χ0v) is 16.0. The quantitative estimate of drug-likeness (QED) is 0.822. The van der Waals surface area contributed by atoms with E-state index in [1.807, 2.05) is 12.1 Å². The summed E-state index contributed by atoms with van der Waals surface area (Å²) in [5.41, 5.74) is 0.670. The number of morpholine rings is 1. The van der Waals surface area contributed by atoms with Crippen LogP contribution >= 0.6 is 11.6 Å². The standard InChI is InChI=1S/C19H28ClN3O3/c1-2-14-11-23(19(25)21-16-5-3-4-15(20)10-16)18(13-24)17(14)12-22-6-8-26-9-7-22/h3-5,10,14,17-18,24H,2,6-9,11-13H2,1H3,(H,21,25)/t14-,17-,18-/m1/s1. The van der Waals surface area contributed by atoms with Crippen molar-refractivity contribution in [1.82, 2.24) is 9.80 Å². The molecule has 0 radical (unpaired) electrons. The minimum atomic E-state index is -0.172. The molecule has 0 spiro atoms. The molecule has 2 saturated heterocycles. The first-order valence-corrected chi connectivity index (χ1v) is 9.74. The van der Waals surface area contributed by atoms with Crippen molar-refractivity contribution in [2.45, 2.75) is 19.4 Å². The van der Waals surface area contributed by atoms with Gasteiger partial charge in [0, 0.05) is 36.9 Å². The molecule has 1 aromatic carbocycles. The minimum absolute atomic E-state index is 0.0194. The Balaban J connectivity index is 1.69. The lowest BCUT2D eigenvalue weighted by Crippen LogP contribution is -2.47. The first-order valence-electron chi connectivity index (χ1n) is 9.36. The summed E-state index contributed by atoms with van der Waals surface area (Å²) in [4.78, 5) is 17.0. The van der Waals surface area contributed by atoms with Crippen molar-refractivity contribution in [3.8, 4) is 0 Å². The van der Waals surface area contributed by atoms with Crippen molar-refractivity contribution in [2.24, 2.45) is 11.8 Å². The molecular formula is C19H28ClN3O3. The molecule has 0 aliphatic carbocycles. The average Bonchev–Trinajstić information content (AvgIpc) is 3.00. The number of nitrogens with zero attached hydrogens (tertiary/aromatic N) is 2. The lowest BCUT2D eigenvalue weighted by atomic mass is 9.88. The van der Waals surface area contributed by atoms with Gasteiger partial charge in [-0.05, 0) is 30.0 Å². The summed E-state index contributed by atoms with van der Waals surface area (Å²) in [6.07, 6.45) is 0.993. The first-order chi connectivity index (χ1) is 12.6. The summed E-state index contributed by atoms with van der Waals surface area (Å²) in [6.45, 7) is 7.05. The lowest BCUT2D eigenvalue weighted by Gasteiger charge is -2.33. The van der Waals surface area contributed by atoms with Crippen LogP contribution in [0.25, 0.3) is 0 Å². The normalized spacial score (nSPS) is 26.9. The maximum atomic E-state index is 12.8. The summed E-state index contributed by atoms with van der Waals surface area (Å²) in [6, 6.07) is 6.79. The van der Waals surface area contributed by atoms with E-state index >= 15 is 0 Å². The lowest BCUT2D eigenvalue weighted by molar-refractivity contribution is 0.0222. The van der Waals surface area contributed by atoms with Gasteiger partial charge in [0.1, 0.15) is 0 Å². The maximum Gasteiger partial charge on any atom is 0.322 e. The fraction of sp³-hybridized carbons (Fsp3) is 0.632. The smallest absolute Gasteiger partial charge is 0.322 e. The molecule has 3 rings (SSSR count). The number of halogens is 1. The Morgan fingerprint density at radius 3 is 2.81 bits per heavy atom. The van der Waals surface area contributed by atoms with Gasteiger partial charge in [-0.3, -0.25) is 4.90 Å². The second kappa shape index (κ2) is 9.04. The molecule has 0 bridgehead atoms. The predicted octanol–water partition coefficient (Wildman–Crippen LogP) is 2.52. The molecule has 2 aliphatic heterocycles. The van der Waals surface area contributed by atoms with Crippen LogP contribution in [0.1, 0.15) is 13.3 Å². The molecule has 1 aromatic rings. The van der Waals surface area contributed by atoms with E-state index in [9.17, 15) is 9.90 Å². The van der Waals surface area contributed by atoms with Crippen LogP contribution in [0.3, 0.4) is 0 Å². The number of aliphatic hydroxyl groups excluding tert-OH is 1. The number of ether oxygens (including phenoxy) is 1. The molecule has 2 heterocycles. The van der Waals surface area contributed by atoms with Gasteiger partial charge in [0.2, 0.25) is 0 Å². The number of benzene rings is 1. The number of urea groups is 1. The number of amides is 2. The Labute approximate surface area is 160 Å². The number of carbonyl (C=O) groups is 1. The molecule has 2 aliphatic rings. The fourth-order valence-corrected chi connectivity index (χ4v) is 4.27. The van der Waals surface area contributed by atoms with Gasteiger partial charge in [0.05, 0.1) is 25.9 Å². The van der Waals surface area contributed by atoms with Crippen LogP contribution in [0.5, 0.6) is 0 Å². The van der Waals surface area contributed by atoms with Crippen LogP contribution in [0, 0.1) is 11.8 Å². The summed E-state index contributed by atoms with van der Waals surface area (Å²) in [7, 11) is 0. The molecule has 2 N–H and O–H groups in total. The number of likely N-dealkylation sites (tertiary alicyclic amines) is 1. The number of aliphatic hydroxyl groups is 1. The van der Waals surface area contributed by atoms with Crippen LogP contribution < -0.4 is 5.32 Å². The Morgan fingerprint density at radius 2 is 2.15 bits per heavy atom. The van der Waals surface area contributed by atoms with Crippen molar-refractivity contribution in [3.05, 3.63) is 29.3 Å². The fourth-order valence-electron chi connectivity index (χ4n) is 4.08. The van der Waals surface area contributed by atoms with Crippen LogP contribution in [0.15, 0.2) is 24.3 Å². The topological polar surface area (TPSA) is 65.0 Å². The van der Waals surface area contributed by atoms with Gasteiger partial charge >= 0.3 is 6.03 Å². The van der Waals surface area contributed by atoms with Crippen LogP contribution in [-0.2, 0) is 4.74 Å². The molecule has 0 unspecified atom stereocenters. The van der Waals surface area contributed by atoms with Gasteiger partial charge in [-0.1, -0.05) is 31.0 Å². The summed E-state index contributed by atoms with van der Waals surface area (Å²) < 4.78 is 5.43. The van der Waals surface area contributed by atoms with E-state index in [0.29, 0.717) is 23.2 Å². The van der Waals surface area contributed by atoms with E-state index in [2.05, 4.69) is 17.1 Å². The predicted molar refractivity (Wildman–Crippen MR) is 103 cm³/mol. The van der Waals surface area contributed by atoms with Crippen molar-refractivity contribution < 1.29 is 14.6 Å². The Hall–Kier alpha value is -1.34. The number of rotatable bonds is 5. The zero-order chi connectivity index (χ0) is 18.5. The van der Waals surface area contributed by atoms with Gasteiger partial charge in [-0.15, -0.1) is 0 Å². The van der Waals surface area contributed by atoms with E-state index in [0.717, 1.165) is 39.3 Å². The third kappa shape index (κ3) is 4.49. The van der Waals surface area contributed by atoms with Gasteiger partial charge in [-0.2, -0.15) is 0 Å². The second-order valence-corrected chi connectivity index (χ2v) is 7.52. The van der Waals surface area contributed by atoms with Crippen LogP contribution in [0.4, 0.5) is 10.5 Å².